The summed E-state index contributed by atoms with van der Waals surface area (Å²) in [4.78, 5) is 22.7. The first-order valence-corrected chi connectivity index (χ1v) is 9.17. The average Bonchev–Trinajstić information content (AvgIpc) is 2.94. The van der Waals surface area contributed by atoms with Crippen LogP contribution < -0.4 is 5.32 Å². The highest BCUT2D eigenvalue weighted by Crippen LogP contribution is 2.29. The number of aromatic nitrogens is 2. The van der Waals surface area contributed by atoms with Gasteiger partial charge >= 0.3 is 0 Å². The average molecular weight is 343 g/mol. The molecule has 118 valence electrons. The van der Waals surface area contributed by atoms with Crippen molar-refractivity contribution in [2.24, 2.45) is 0 Å². The van der Waals surface area contributed by atoms with E-state index in [0.717, 1.165) is 21.7 Å². The Hall–Kier alpha value is -1.92. The summed E-state index contributed by atoms with van der Waals surface area (Å²) in [7, 11) is 0. The van der Waals surface area contributed by atoms with Crippen LogP contribution in [0.25, 0.3) is 10.2 Å². The molecular formula is C17H17N3OS2. The summed E-state index contributed by atoms with van der Waals surface area (Å²) in [5, 5.41) is 4.87. The Morgan fingerprint density at radius 1 is 1.26 bits per heavy atom. The Balaban J connectivity index is 1.50. The van der Waals surface area contributed by atoms with Crippen molar-refractivity contribution in [1.82, 2.24) is 15.3 Å². The van der Waals surface area contributed by atoms with Crippen LogP contribution in [0.1, 0.15) is 10.4 Å². The summed E-state index contributed by atoms with van der Waals surface area (Å²) >= 11 is 3.11. The molecule has 0 unspecified atom stereocenters. The van der Waals surface area contributed by atoms with E-state index in [1.54, 1.807) is 17.7 Å². The van der Waals surface area contributed by atoms with Gasteiger partial charge in [0, 0.05) is 16.8 Å². The number of hydrogen-bond acceptors (Lipinski definition) is 5. The quantitative estimate of drug-likeness (QED) is 0.550. The first-order chi connectivity index (χ1) is 11.2. The minimum absolute atomic E-state index is 0.0321. The third-order valence-electron chi connectivity index (χ3n) is 3.33. The number of benzene rings is 1. The van der Waals surface area contributed by atoms with Crippen LogP contribution in [0.4, 0.5) is 0 Å². The molecule has 0 bridgehead atoms. The standard InChI is InChI=1S/C17H17N3OS2/c1-12-9-14-16(19-11-20-17(14)23-12)22-10-15(21)18-8-7-13-5-3-2-4-6-13/h2-6,9,11H,7-8,10H2,1H3,(H,18,21). The smallest absolute Gasteiger partial charge is 0.230 e. The van der Waals surface area contributed by atoms with E-state index in [-0.39, 0.29) is 5.91 Å². The fourth-order valence-corrected chi connectivity index (χ4v) is 3.96. The van der Waals surface area contributed by atoms with Crippen LogP contribution in [-0.2, 0) is 11.2 Å². The van der Waals surface area contributed by atoms with Gasteiger partial charge in [0.25, 0.3) is 0 Å². The molecule has 3 rings (SSSR count). The molecule has 0 radical (unpaired) electrons. The number of hydrogen-bond donors (Lipinski definition) is 1. The normalized spacial score (nSPS) is 10.8. The maximum Gasteiger partial charge on any atom is 0.230 e. The lowest BCUT2D eigenvalue weighted by molar-refractivity contribution is -0.118. The van der Waals surface area contributed by atoms with Crippen molar-refractivity contribution in [2.75, 3.05) is 12.3 Å². The Bertz CT molecular complexity index is 802. The number of thiophene rings is 1. The van der Waals surface area contributed by atoms with E-state index in [4.69, 9.17) is 0 Å². The van der Waals surface area contributed by atoms with Crippen molar-refractivity contribution in [2.45, 2.75) is 18.4 Å². The lowest BCUT2D eigenvalue weighted by atomic mass is 10.1. The summed E-state index contributed by atoms with van der Waals surface area (Å²) in [5.74, 6) is 0.403. The van der Waals surface area contributed by atoms with E-state index in [1.807, 2.05) is 18.2 Å². The van der Waals surface area contributed by atoms with Gasteiger partial charge in [0.05, 0.1) is 5.75 Å². The lowest BCUT2D eigenvalue weighted by Crippen LogP contribution is -2.27. The fourth-order valence-electron chi connectivity index (χ4n) is 2.25. The maximum atomic E-state index is 12.0. The van der Waals surface area contributed by atoms with Crippen LogP contribution in [-0.4, -0.2) is 28.2 Å². The highest BCUT2D eigenvalue weighted by molar-refractivity contribution is 8.00. The molecule has 3 aromatic rings. The van der Waals surface area contributed by atoms with Crippen molar-refractivity contribution >= 4 is 39.2 Å². The van der Waals surface area contributed by atoms with Gasteiger partial charge in [-0.2, -0.15) is 0 Å². The van der Waals surface area contributed by atoms with Gasteiger partial charge in [-0.1, -0.05) is 42.1 Å². The van der Waals surface area contributed by atoms with Crippen molar-refractivity contribution in [3.8, 4) is 0 Å². The molecular weight excluding hydrogens is 326 g/mol. The molecule has 2 aromatic heterocycles. The van der Waals surface area contributed by atoms with Gasteiger partial charge in [-0.3, -0.25) is 4.79 Å². The molecule has 0 atom stereocenters. The Morgan fingerprint density at radius 2 is 2.09 bits per heavy atom. The second kappa shape index (κ2) is 7.57. The van der Waals surface area contributed by atoms with Gasteiger partial charge in [0.15, 0.2) is 0 Å². The fraction of sp³-hybridized carbons (Fsp3) is 0.235. The predicted molar refractivity (Wildman–Crippen MR) is 96.0 cm³/mol. The summed E-state index contributed by atoms with van der Waals surface area (Å²) < 4.78 is 0. The molecule has 1 aromatic carbocycles. The zero-order valence-corrected chi connectivity index (χ0v) is 14.4. The lowest BCUT2D eigenvalue weighted by Gasteiger charge is -2.05. The molecule has 4 nitrogen and oxygen atoms in total. The van der Waals surface area contributed by atoms with Gasteiger partial charge < -0.3 is 5.32 Å². The van der Waals surface area contributed by atoms with Crippen LogP contribution in [0, 0.1) is 6.92 Å². The Labute approximate surface area is 143 Å². The number of aryl methyl sites for hydroxylation is 1. The molecule has 6 heteroatoms. The number of nitrogens with zero attached hydrogens (tertiary/aromatic N) is 2. The van der Waals surface area contributed by atoms with E-state index in [0.29, 0.717) is 12.3 Å². The number of fused-ring (bicyclic) bond motifs is 1. The SMILES string of the molecule is Cc1cc2c(SCC(=O)NCCc3ccccc3)ncnc2s1. The molecule has 1 N–H and O–H groups in total. The van der Waals surface area contributed by atoms with E-state index in [9.17, 15) is 4.79 Å². The third-order valence-corrected chi connectivity index (χ3v) is 5.30. The van der Waals surface area contributed by atoms with E-state index < -0.39 is 0 Å². The first kappa shape index (κ1) is 16.0. The van der Waals surface area contributed by atoms with Crippen molar-refractivity contribution in [3.63, 3.8) is 0 Å². The predicted octanol–water partition coefficient (Wildman–Crippen LogP) is 3.45. The summed E-state index contributed by atoms with van der Waals surface area (Å²) in [6.07, 6.45) is 2.41. The van der Waals surface area contributed by atoms with Gasteiger partial charge in [-0.15, -0.1) is 11.3 Å². The highest BCUT2D eigenvalue weighted by Gasteiger charge is 2.09. The van der Waals surface area contributed by atoms with Crippen LogP contribution in [0.15, 0.2) is 47.8 Å². The van der Waals surface area contributed by atoms with Crippen LogP contribution in [0.2, 0.25) is 0 Å². The maximum absolute atomic E-state index is 12.0. The summed E-state index contributed by atoms with van der Waals surface area (Å²) in [6, 6.07) is 12.2. The number of thioether (sulfide) groups is 1. The van der Waals surface area contributed by atoms with E-state index in [2.05, 4.69) is 40.4 Å². The number of carbonyl (C=O) groups excluding carboxylic acids is 1. The highest BCUT2D eigenvalue weighted by atomic mass is 32.2. The minimum atomic E-state index is 0.0321. The molecule has 0 aliphatic heterocycles. The monoisotopic (exact) mass is 343 g/mol. The van der Waals surface area contributed by atoms with Gasteiger partial charge in [0.1, 0.15) is 16.2 Å². The van der Waals surface area contributed by atoms with Crippen molar-refractivity contribution in [3.05, 3.63) is 53.2 Å². The second-order valence-electron chi connectivity index (χ2n) is 5.13. The number of carbonyl (C=O) groups is 1. The summed E-state index contributed by atoms with van der Waals surface area (Å²) in [6.45, 7) is 2.71. The molecule has 2 heterocycles. The third kappa shape index (κ3) is 4.30. The zero-order chi connectivity index (χ0) is 16.1. The Morgan fingerprint density at radius 3 is 2.91 bits per heavy atom. The van der Waals surface area contributed by atoms with Crippen LogP contribution in [0.3, 0.4) is 0 Å². The van der Waals surface area contributed by atoms with Gasteiger partial charge in [-0.25, -0.2) is 9.97 Å². The number of amides is 1. The van der Waals surface area contributed by atoms with Gasteiger partial charge in [-0.05, 0) is 25.0 Å². The molecule has 0 aliphatic rings. The Kier molecular flexibility index (Phi) is 5.25. The topological polar surface area (TPSA) is 54.9 Å². The van der Waals surface area contributed by atoms with Crippen LogP contribution in [0.5, 0.6) is 0 Å². The minimum Gasteiger partial charge on any atom is -0.355 e. The molecule has 0 fully saturated rings. The van der Waals surface area contributed by atoms with Crippen molar-refractivity contribution in [1.29, 1.82) is 0 Å². The largest absolute Gasteiger partial charge is 0.355 e. The molecule has 0 saturated heterocycles. The summed E-state index contributed by atoms with van der Waals surface area (Å²) in [5.41, 5.74) is 1.23. The van der Waals surface area contributed by atoms with Crippen LogP contribution >= 0.6 is 23.1 Å². The molecule has 0 saturated carbocycles. The molecule has 0 aliphatic carbocycles. The number of nitrogens with one attached hydrogen (secondary N) is 1. The molecule has 0 spiro atoms. The second-order valence-corrected chi connectivity index (χ2v) is 7.33. The molecule has 1 amide bonds. The number of rotatable bonds is 6. The van der Waals surface area contributed by atoms with Crippen molar-refractivity contribution < 1.29 is 4.79 Å². The zero-order valence-electron chi connectivity index (χ0n) is 12.8. The molecule has 23 heavy (non-hydrogen) atoms. The van der Waals surface area contributed by atoms with E-state index >= 15 is 0 Å². The van der Waals surface area contributed by atoms with E-state index in [1.165, 1.54) is 22.2 Å². The van der Waals surface area contributed by atoms with Gasteiger partial charge in [0.2, 0.25) is 5.91 Å². The first-order valence-electron chi connectivity index (χ1n) is 7.37.